The van der Waals surface area contributed by atoms with Gasteiger partial charge in [-0.25, -0.2) is 4.99 Å². The molecule has 0 unspecified atom stereocenters. The van der Waals surface area contributed by atoms with E-state index in [1.165, 1.54) is 0 Å². The summed E-state index contributed by atoms with van der Waals surface area (Å²) >= 11 is 0. The Labute approximate surface area is 96.5 Å². The van der Waals surface area contributed by atoms with E-state index < -0.39 is 11.7 Å². The van der Waals surface area contributed by atoms with Gasteiger partial charge in [-0.2, -0.15) is 13.2 Å². The zero-order chi connectivity index (χ0) is 12.5. The van der Waals surface area contributed by atoms with Gasteiger partial charge in [-0.1, -0.05) is 18.2 Å². The summed E-state index contributed by atoms with van der Waals surface area (Å²) in [4.78, 5) is 3.54. The summed E-state index contributed by atoms with van der Waals surface area (Å²) in [5.74, 6) is -0.203. The Morgan fingerprint density at radius 2 is 1.82 bits per heavy atom. The normalized spacial score (nSPS) is 18.9. The van der Waals surface area contributed by atoms with Crippen LogP contribution in [0.4, 0.5) is 18.9 Å². The van der Waals surface area contributed by atoms with Crippen LogP contribution >= 0.6 is 0 Å². The number of halogens is 3. The van der Waals surface area contributed by atoms with Crippen LogP contribution in [0.1, 0.15) is 12.8 Å². The Balaban J connectivity index is 2.09. The van der Waals surface area contributed by atoms with E-state index >= 15 is 0 Å². The number of nitrogens with one attached hydrogen (secondary N) is 1. The molecule has 1 aliphatic carbocycles. The third kappa shape index (κ3) is 2.51. The van der Waals surface area contributed by atoms with Crippen molar-refractivity contribution < 1.29 is 13.2 Å². The molecule has 1 aromatic rings. The highest BCUT2D eigenvalue weighted by molar-refractivity contribution is 5.92. The molecular weight excluding hydrogens is 231 g/mol. The smallest absolute Gasteiger partial charge is 0.370 e. The minimum absolute atomic E-state index is 0.00761. The SMILES string of the molecule is NC(=NC1(C(F)(F)F)CC1)Nc1ccccc1. The predicted molar refractivity (Wildman–Crippen MR) is 59.7 cm³/mol. The van der Waals surface area contributed by atoms with E-state index in [-0.39, 0.29) is 18.8 Å². The monoisotopic (exact) mass is 243 g/mol. The van der Waals surface area contributed by atoms with Crippen molar-refractivity contribution in [3.05, 3.63) is 30.3 Å². The molecule has 0 bridgehead atoms. The van der Waals surface area contributed by atoms with Crippen molar-refractivity contribution in [3.8, 4) is 0 Å². The van der Waals surface area contributed by atoms with E-state index in [0.717, 1.165) is 0 Å². The molecule has 0 radical (unpaired) electrons. The maximum Gasteiger partial charge on any atom is 0.413 e. The first-order valence-electron chi connectivity index (χ1n) is 5.17. The first-order valence-corrected chi connectivity index (χ1v) is 5.17. The number of nitrogens with two attached hydrogens (primary N) is 1. The van der Waals surface area contributed by atoms with Gasteiger partial charge in [-0.3, -0.25) is 0 Å². The van der Waals surface area contributed by atoms with Gasteiger partial charge in [-0.05, 0) is 25.0 Å². The number of para-hydroxylation sites is 1. The lowest BCUT2D eigenvalue weighted by Gasteiger charge is -2.16. The lowest BCUT2D eigenvalue weighted by atomic mass is 10.3. The highest BCUT2D eigenvalue weighted by Crippen LogP contribution is 2.52. The second kappa shape index (κ2) is 3.94. The maximum absolute atomic E-state index is 12.6. The van der Waals surface area contributed by atoms with Gasteiger partial charge in [0.15, 0.2) is 11.5 Å². The molecule has 1 fully saturated rings. The average Bonchev–Trinajstić information content (AvgIpc) is 2.99. The van der Waals surface area contributed by atoms with Crippen LogP contribution in [0.15, 0.2) is 35.3 Å². The minimum Gasteiger partial charge on any atom is -0.370 e. The Hall–Kier alpha value is -1.72. The molecule has 1 aromatic carbocycles. The van der Waals surface area contributed by atoms with Gasteiger partial charge in [-0.15, -0.1) is 0 Å². The van der Waals surface area contributed by atoms with Crippen LogP contribution in [-0.4, -0.2) is 17.7 Å². The van der Waals surface area contributed by atoms with Crippen molar-refractivity contribution in [2.75, 3.05) is 5.32 Å². The van der Waals surface area contributed by atoms with Gasteiger partial charge < -0.3 is 11.1 Å². The quantitative estimate of drug-likeness (QED) is 0.619. The Morgan fingerprint density at radius 3 is 2.29 bits per heavy atom. The Morgan fingerprint density at radius 1 is 1.24 bits per heavy atom. The number of anilines is 1. The minimum atomic E-state index is -4.32. The molecule has 0 aromatic heterocycles. The summed E-state index contributed by atoms with van der Waals surface area (Å²) in [6.45, 7) is 0. The number of rotatable bonds is 2. The van der Waals surface area contributed by atoms with Crippen LogP contribution in [0.25, 0.3) is 0 Å². The van der Waals surface area contributed by atoms with E-state index in [9.17, 15) is 13.2 Å². The number of hydrogen-bond acceptors (Lipinski definition) is 1. The molecule has 0 amide bonds. The maximum atomic E-state index is 12.6. The molecule has 0 atom stereocenters. The highest BCUT2D eigenvalue weighted by Gasteiger charge is 2.64. The highest BCUT2D eigenvalue weighted by atomic mass is 19.4. The third-order valence-electron chi connectivity index (χ3n) is 2.63. The second-order valence-electron chi connectivity index (χ2n) is 4.02. The largest absolute Gasteiger partial charge is 0.413 e. The van der Waals surface area contributed by atoms with Crippen LogP contribution in [0, 0.1) is 0 Å². The number of alkyl halides is 3. The van der Waals surface area contributed by atoms with Crippen molar-refractivity contribution in [2.24, 2.45) is 10.7 Å². The molecule has 17 heavy (non-hydrogen) atoms. The summed E-state index contributed by atoms with van der Waals surface area (Å²) in [7, 11) is 0. The second-order valence-corrected chi connectivity index (χ2v) is 4.02. The standard InChI is InChI=1S/C11H12F3N3/c12-11(13,14)10(6-7-10)17-9(15)16-8-4-2-1-3-5-8/h1-5H,6-7H2,(H3,15,16,17). The molecular formula is C11H12F3N3. The van der Waals surface area contributed by atoms with Crippen molar-refractivity contribution in [2.45, 2.75) is 24.6 Å². The molecule has 3 N–H and O–H groups in total. The number of aliphatic imine (C=N–C) groups is 1. The summed E-state index contributed by atoms with van der Waals surface area (Å²) in [5.41, 5.74) is 4.13. The molecule has 1 aliphatic rings. The van der Waals surface area contributed by atoms with Crippen LogP contribution in [0.2, 0.25) is 0 Å². The van der Waals surface area contributed by atoms with Gasteiger partial charge in [0.25, 0.3) is 0 Å². The lowest BCUT2D eigenvalue weighted by Crippen LogP contribution is -2.34. The van der Waals surface area contributed by atoms with Crippen molar-refractivity contribution in [3.63, 3.8) is 0 Å². The average molecular weight is 243 g/mol. The Kier molecular flexibility index (Phi) is 2.73. The zero-order valence-corrected chi connectivity index (χ0v) is 8.96. The summed E-state index contributed by atoms with van der Waals surface area (Å²) < 4.78 is 37.8. The van der Waals surface area contributed by atoms with E-state index in [2.05, 4.69) is 10.3 Å². The molecule has 6 heteroatoms. The van der Waals surface area contributed by atoms with Crippen molar-refractivity contribution in [1.29, 1.82) is 0 Å². The van der Waals surface area contributed by atoms with Gasteiger partial charge in [0, 0.05) is 5.69 Å². The first-order chi connectivity index (χ1) is 7.93. The van der Waals surface area contributed by atoms with Gasteiger partial charge in [0.05, 0.1) is 0 Å². The lowest BCUT2D eigenvalue weighted by molar-refractivity contribution is -0.155. The number of hydrogen-bond donors (Lipinski definition) is 2. The molecule has 0 spiro atoms. The van der Waals surface area contributed by atoms with E-state index in [4.69, 9.17) is 5.73 Å². The third-order valence-corrected chi connectivity index (χ3v) is 2.63. The molecule has 92 valence electrons. The van der Waals surface area contributed by atoms with Crippen LogP contribution < -0.4 is 11.1 Å². The van der Waals surface area contributed by atoms with Crippen LogP contribution in [0.5, 0.6) is 0 Å². The molecule has 3 nitrogen and oxygen atoms in total. The molecule has 0 aliphatic heterocycles. The molecule has 1 saturated carbocycles. The fourth-order valence-electron chi connectivity index (χ4n) is 1.50. The van der Waals surface area contributed by atoms with Crippen molar-refractivity contribution in [1.82, 2.24) is 0 Å². The van der Waals surface area contributed by atoms with Gasteiger partial charge >= 0.3 is 6.18 Å². The fraction of sp³-hybridized carbons (Fsp3) is 0.364. The predicted octanol–water partition coefficient (Wildman–Crippen LogP) is 2.51. The molecule has 0 heterocycles. The molecule has 0 saturated heterocycles. The number of guanidine groups is 1. The van der Waals surface area contributed by atoms with Gasteiger partial charge in [0.2, 0.25) is 0 Å². The van der Waals surface area contributed by atoms with E-state index in [0.29, 0.717) is 5.69 Å². The summed E-state index contributed by atoms with van der Waals surface area (Å²) in [6.07, 6.45) is -4.31. The van der Waals surface area contributed by atoms with Crippen LogP contribution in [-0.2, 0) is 0 Å². The number of benzene rings is 1. The first kappa shape index (κ1) is 11.8. The zero-order valence-electron chi connectivity index (χ0n) is 8.96. The topological polar surface area (TPSA) is 50.4 Å². The number of nitrogens with zero attached hydrogens (tertiary/aromatic N) is 1. The van der Waals surface area contributed by atoms with Gasteiger partial charge in [0.1, 0.15) is 0 Å². The summed E-state index contributed by atoms with van der Waals surface area (Å²) in [5, 5.41) is 2.64. The fourth-order valence-corrected chi connectivity index (χ4v) is 1.50. The van der Waals surface area contributed by atoms with Crippen molar-refractivity contribution >= 4 is 11.6 Å². The van der Waals surface area contributed by atoms with E-state index in [1.54, 1.807) is 30.3 Å². The molecule has 2 rings (SSSR count). The van der Waals surface area contributed by atoms with E-state index in [1.807, 2.05) is 0 Å². The van der Waals surface area contributed by atoms with Crippen LogP contribution in [0.3, 0.4) is 0 Å². The Bertz CT molecular complexity index is 421. The summed E-state index contributed by atoms with van der Waals surface area (Å²) in [6, 6.07) is 8.72.